The van der Waals surface area contributed by atoms with Gasteiger partial charge in [-0.05, 0) is 48.0 Å². The molecule has 0 aromatic heterocycles. The van der Waals surface area contributed by atoms with Crippen LogP contribution in [-0.4, -0.2) is 51.0 Å². The highest BCUT2D eigenvalue weighted by Crippen LogP contribution is 2.26. The highest BCUT2D eigenvalue weighted by atomic mass is 32.2. The van der Waals surface area contributed by atoms with Gasteiger partial charge in [0.25, 0.3) is 0 Å². The second-order valence-corrected chi connectivity index (χ2v) is 11.5. The van der Waals surface area contributed by atoms with Crippen molar-refractivity contribution in [2.75, 3.05) is 24.2 Å². The van der Waals surface area contributed by atoms with Crippen LogP contribution in [0.4, 0.5) is 10.1 Å². The molecule has 10 heteroatoms. The zero-order valence-corrected chi connectivity index (χ0v) is 24.1. The summed E-state index contributed by atoms with van der Waals surface area (Å²) in [6, 6.07) is 29.4. The molecule has 8 nitrogen and oxygen atoms in total. The molecule has 0 heterocycles. The highest BCUT2D eigenvalue weighted by molar-refractivity contribution is 7.92. The molecule has 0 aliphatic carbocycles. The fourth-order valence-corrected chi connectivity index (χ4v) is 5.30. The Labute approximate surface area is 245 Å². The van der Waals surface area contributed by atoms with Gasteiger partial charge in [-0.1, -0.05) is 66.7 Å². The number of nitrogens with one attached hydrogen (secondary N) is 1. The molecular formula is C32H32FN3O5S. The smallest absolute Gasteiger partial charge is 0.244 e. The molecule has 1 unspecified atom stereocenters. The second kappa shape index (κ2) is 13.8. The third-order valence-corrected chi connectivity index (χ3v) is 7.74. The maximum absolute atomic E-state index is 14.7. The van der Waals surface area contributed by atoms with Gasteiger partial charge in [0.1, 0.15) is 29.9 Å². The molecule has 1 atom stereocenters. The lowest BCUT2D eigenvalue weighted by Crippen LogP contribution is -2.53. The van der Waals surface area contributed by atoms with Crippen LogP contribution in [0.15, 0.2) is 109 Å². The van der Waals surface area contributed by atoms with Gasteiger partial charge in [0.15, 0.2) is 0 Å². The average molecular weight is 590 g/mol. The number of likely N-dealkylation sites (N-methyl/N-ethyl adjacent to an activating group) is 1. The van der Waals surface area contributed by atoms with Gasteiger partial charge in [0.05, 0.1) is 11.9 Å². The zero-order chi connectivity index (χ0) is 30.1. The summed E-state index contributed by atoms with van der Waals surface area (Å²) < 4.78 is 47.3. The Balaban J connectivity index is 1.66. The maximum atomic E-state index is 14.7. The zero-order valence-electron chi connectivity index (χ0n) is 23.3. The van der Waals surface area contributed by atoms with Crippen molar-refractivity contribution < 1.29 is 27.1 Å². The van der Waals surface area contributed by atoms with Crippen LogP contribution in [0.5, 0.6) is 11.5 Å². The molecule has 0 saturated carbocycles. The average Bonchev–Trinajstić information content (AvgIpc) is 2.99. The van der Waals surface area contributed by atoms with Gasteiger partial charge in [-0.15, -0.1) is 0 Å². The molecule has 0 fully saturated rings. The van der Waals surface area contributed by atoms with E-state index < -0.39 is 40.2 Å². The maximum Gasteiger partial charge on any atom is 0.244 e. The molecule has 4 rings (SSSR count). The van der Waals surface area contributed by atoms with E-state index in [1.807, 2.05) is 48.5 Å². The molecule has 42 heavy (non-hydrogen) atoms. The summed E-state index contributed by atoms with van der Waals surface area (Å²) >= 11 is 0. The van der Waals surface area contributed by atoms with Crippen molar-refractivity contribution in [2.24, 2.45) is 0 Å². The topological polar surface area (TPSA) is 96.0 Å². The fourth-order valence-electron chi connectivity index (χ4n) is 4.45. The summed E-state index contributed by atoms with van der Waals surface area (Å²) in [6.07, 6.45) is 1.14. The molecular weight excluding hydrogens is 557 g/mol. The number of carbonyl (C=O) groups excluding carboxylic acids is 2. The summed E-state index contributed by atoms with van der Waals surface area (Å²) in [5.74, 6) is -0.578. The molecule has 0 saturated heterocycles. The molecule has 0 aliphatic rings. The molecule has 4 aromatic carbocycles. The van der Waals surface area contributed by atoms with Crippen molar-refractivity contribution in [3.05, 3.63) is 126 Å². The quantitative estimate of drug-likeness (QED) is 0.257. The molecule has 0 bridgehead atoms. The number of hydrogen-bond donors (Lipinski definition) is 1. The summed E-state index contributed by atoms with van der Waals surface area (Å²) in [6.45, 7) is -0.841. The van der Waals surface area contributed by atoms with E-state index in [1.165, 1.54) is 42.3 Å². The number of carbonyl (C=O) groups is 2. The van der Waals surface area contributed by atoms with Crippen LogP contribution < -0.4 is 14.4 Å². The van der Waals surface area contributed by atoms with Crippen LogP contribution in [0, 0.1) is 5.82 Å². The Morgan fingerprint density at radius 1 is 0.833 bits per heavy atom. The van der Waals surface area contributed by atoms with E-state index in [0.717, 1.165) is 16.1 Å². The van der Waals surface area contributed by atoms with Gasteiger partial charge < -0.3 is 15.0 Å². The van der Waals surface area contributed by atoms with Crippen LogP contribution in [0.2, 0.25) is 0 Å². The normalized spacial score (nSPS) is 11.8. The highest BCUT2D eigenvalue weighted by Gasteiger charge is 2.33. The number of rotatable bonds is 12. The molecule has 1 N–H and O–H groups in total. The first-order valence-corrected chi connectivity index (χ1v) is 15.1. The Morgan fingerprint density at radius 3 is 2.00 bits per heavy atom. The van der Waals surface area contributed by atoms with Gasteiger partial charge in [0.2, 0.25) is 21.8 Å². The van der Waals surface area contributed by atoms with Crippen molar-refractivity contribution >= 4 is 27.5 Å². The third-order valence-electron chi connectivity index (χ3n) is 6.60. The largest absolute Gasteiger partial charge is 0.457 e. The lowest BCUT2D eigenvalue weighted by Gasteiger charge is -2.33. The van der Waals surface area contributed by atoms with Crippen LogP contribution in [0.1, 0.15) is 11.1 Å². The van der Waals surface area contributed by atoms with E-state index in [-0.39, 0.29) is 24.2 Å². The van der Waals surface area contributed by atoms with E-state index >= 15 is 0 Å². The number of para-hydroxylation sites is 1. The summed E-state index contributed by atoms with van der Waals surface area (Å²) in [4.78, 5) is 28.3. The molecule has 4 aromatic rings. The van der Waals surface area contributed by atoms with Crippen molar-refractivity contribution in [2.45, 2.75) is 19.0 Å². The van der Waals surface area contributed by atoms with E-state index in [9.17, 15) is 22.4 Å². The van der Waals surface area contributed by atoms with Crippen LogP contribution in [-0.2, 0) is 32.6 Å². The fraction of sp³-hybridized carbons (Fsp3) is 0.188. The van der Waals surface area contributed by atoms with Gasteiger partial charge in [-0.2, -0.15) is 0 Å². The predicted molar refractivity (Wildman–Crippen MR) is 160 cm³/mol. The summed E-state index contributed by atoms with van der Waals surface area (Å²) in [5.41, 5.74) is 1.21. The predicted octanol–water partition coefficient (Wildman–Crippen LogP) is 4.77. The minimum atomic E-state index is -3.94. The van der Waals surface area contributed by atoms with E-state index in [1.54, 1.807) is 30.3 Å². The summed E-state index contributed by atoms with van der Waals surface area (Å²) in [7, 11) is -2.49. The summed E-state index contributed by atoms with van der Waals surface area (Å²) in [5, 5.41) is 2.59. The number of benzene rings is 4. The number of ether oxygens (including phenoxy) is 1. The third kappa shape index (κ3) is 7.94. The van der Waals surface area contributed by atoms with Gasteiger partial charge in [0, 0.05) is 25.6 Å². The van der Waals surface area contributed by atoms with E-state index in [4.69, 9.17) is 4.74 Å². The Hall–Kier alpha value is -4.70. The first kappa shape index (κ1) is 30.3. The van der Waals surface area contributed by atoms with Crippen LogP contribution >= 0.6 is 0 Å². The molecule has 0 spiro atoms. The Morgan fingerprint density at radius 2 is 1.40 bits per heavy atom. The molecule has 0 radical (unpaired) electrons. The van der Waals surface area contributed by atoms with Gasteiger partial charge >= 0.3 is 0 Å². The van der Waals surface area contributed by atoms with Gasteiger partial charge in [-0.25, -0.2) is 12.8 Å². The van der Waals surface area contributed by atoms with Crippen molar-refractivity contribution in [3.63, 3.8) is 0 Å². The number of halogens is 1. The number of amides is 2. The minimum absolute atomic E-state index is 0.144. The molecule has 0 aliphatic heterocycles. The monoisotopic (exact) mass is 589 g/mol. The van der Waals surface area contributed by atoms with E-state index in [2.05, 4.69) is 5.32 Å². The van der Waals surface area contributed by atoms with Crippen molar-refractivity contribution in [1.82, 2.24) is 10.2 Å². The Kier molecular flexibility index (Phi) is 9.93. The first-order chi connectivity index (χ1) is 20.2. The SMILES string of the molecule is CNC(=O)C(Cc1ccccc1)N(Cc1ccccc1F)C(=O)CN(c1ccc(Oc2ccccc2)cc1)S(C)(=O)=O. The lowest BCUT2D eigenvalue weighted by molar-refractivity contribution is -0.139. The molecule has 2 amide bonds. The number of sulfonamides is 1. The minimum Gasteiger partial charge on any atom is -0.457 e. The van der Waals surface area contributed by atoms with Crippen LogP contribution in [0.25, 0.3) is 0 Å². The standard InChI is InChI=1S/C32H32FN3O5S/c1-34-32(38)30(21-24-11-5-3-6-12-24)35(22-25-13-9-10-16-29(25)33)31(37)23-36(42(2,39)40)26-17-19-28(20-18-26)41-27-14-7-4-8-15-27/h3-20,30H,21-23H2,1-2H3,(H,34,38). The van der Waals surface area contributed by atoms with Crippen molar-refractivity contribution in [1.29, 1.82) is 0 Å². The first-order valence-electron chi connectivity index (χ1n) is 13.2. The number of hydrogen-bond acceptors (Lipinski definition) is 5. The number of anilines is 1. The lowest BCUT2D eigenvalue weighted by atomic mass is 10.0. The van der Waals surface area contributed by atoms with E-state index in [0.29, 0.717) is 11.5 Å². The number of nitrogens with zero attached hydrogens (tertiary/aromatic N) is 2. The van der Waals surface area contributed by atoms with Crippen molar-refractivity contribution in [3.8, 4) is 11.5 Å². The second-order valence-electron chi connectivity index (χ2n) is 9.61. The molecule has 218 valence electrons. The van der Waals surface area contributed by atoms with Gasteiger partial charge in [-0.3, -0.25) is 13.9 Å². The Bertz CT molecular complexity index is 1600. The van der Waals surface area contributed by atoms with Crippen LogP contribution in [0.3, 0.4) is 0 Å².